The van der Waals surface area contributed by atoms with Gasteiger partial charge < -0.3 is 15.1 Å². The molecular formula is C10H13NO4S. The second kappa shape index (κ2) is 5.09. The average Bonchev–Trinajstić information content (AvgIpc) is 2.64. The Morgan fingerprint density at radius 1 is 1.44 bits per heavy atom. The number of aliphatic hydroxyl groups excluding tert-OH is 1. The third kappa shape index (κ3) is 3.04. The first-order chi connectivity index (χ1) is 7.41. The van der Waals surface area contributed by atoms with Crippen LogP contribution in [0.1, 0.15) is 26.3 Å². The van der Waals surface area contributed by atoms with Crippen molar-refractivity contribution in [2.24, 2.45) is 0 Å². The number of nitrogens with zero attached hydrogens (tertiary/aromatic N) is 1. The summed E-state index contributed by atoms with van der Waals surface area (Å²) in [5.74, 6) is -1.32. The van der Waals surface area contributed by atoms with Crippen molar-refractivity contribution in [3.05, 3.63) is 21.9 Å². The van der Waals surface area contributed by atoms with E-state index in [0.717, 1.165) is 11.3 Å². The zero-order valence-electron chi connectivity index (χ0n) is 9.01. The van der Waals surface area contributed by atoms with Gasteiger partial charge in [-0.05, 0) is 19.1 Å². The van der Waals surface area contributed by atoms with Crippen LogP contribution in [0.25, 0.3) is 0 Å². The maximum atomic E-state index is 11.7. The summed E-state index contributed by atoms with van der Waals surface area (Å²) in [5, 5.41) is 17.8. The third-order valence-corrected chi connectivity index (χ3v) is 2.97. The molecule has 1 aromatic heterocycles. The van der Waals surface area contributed by atoms with Crippen molar-refractivity contribution in [1.82, 2.24) is 4.90 Å². The summed E-state index contributed by atoms with van der Waals surface area (Å²) >= 11 is 0.932. The van der Waals surface area contributed by atoms with Crippen molar-refractivity contribution >= 4 is 23.2 Å². The van der Waals surface area contributed by atoms with E-state index in [1.165, 1.54) is 17.0 Å². The van der Waals surface area contributed by atoms with Gasteiger partial charge in [-0.3, -0.25) is 4.79 Å². The molecule has 0 spiro atoms. The van der Waals surface area contributed by atoms with E-state index in [4.69, 9.17) is 10.2 Å². The van der Waals surface area contributed by atoms with Crippen LogP contribution in [0.3, 0.4) is 0 Å². The Labute approximate surface area is 96.9 Å². The quantitative estimate of drug-likeness (QED) is 0.823. The molecule has 88 valence electrons. The molecule has 2 N–H and O–H groups in total. The Morgan fingerprint density at radius 2 is 2.00 bits per heavy atom. The number of aromatic carboxylic acids is 1. The van der Waals surface area contributed by atoms with E-state index in [0.29, 0.717) is 4.88 Å². The predicted octanol–water partition coefficient (Wildman–Crippen LogP) is 0.899. The van der Waals surface area contributed by atoms with Crippen LogP contribution in [0.5, 0.6) is 0 Å². The second-order valence-corrected chi connectivity index (χ2v) is 4.59. The summed E-state index contributed by atoms with van der Waals surface area (Å²) < 4.78 is 0. The van der Waals surface area contributed by atoms with Crippen LogP contribution in [-0.2, 0) is 0 Å². The van der Waals surface area contributed by atoms with Crippen molar-refractivity contribution in [2.45, 2.75) is 13.0 Å². The first-order valence-corrected chi connectivity index (χ1v) is 5.50. The van der Waals surface area contributed by atoms with Crippen LogP contribution in [0.15, 0.2) is 12.1 Å². The van der Waals surface area contributed by atoms with Crippen LogP contribution >= 0.6 is 11.3 Å². The van der Waals surface area contributed by atoms with E-state index in [-0.39, 0.29) is 17.3 Å². The van der Waals surface area contributed by atoms with Crippen molar-refractivity contribution in [1.29, 1.82) is 0 Å². The van der Waals surface area contributed by atoms with Crippen LogP contribution in [0.4, 0.5) is 0 Å². The lowest BCUT2D eigenvalue weighted by molar-refractivity contribution is 0.0699. The van der Waals surface area contributed by atoms with Crippen molar-refractivity contribution in [3.63, 3.8) is 0 Å². The van der Waals surface area contributed by atoms with Crippen LogP contribution < -0.4 is 0 Å². The average molecular weight is 243 g/mol. The highest BCUT2D eigenvalue weighted by Crippen LogP contribution is 2.17. The van der Waals surface area contributed by atoms with Gasteiger partial charge in [0.05, 0.1) is 11.0 Å². The molecular weight excluding hydrogens is 230 g/mol. The number of hydrogen-bond donors (Lipinski definition) is 2. The Morgan fingerprint density at radius 3 is 2.44 bits per heavy atom. The van der Waals surface area contributed by atoms with Gasteiger partial charge in [0.2, 0.25) is 0 Å². The van der Waals surface area contributed by atoms with Crippen LogP contribution in [0.2, 0.25) is 0 Å². The minimum Gasteiger partial charge on any atom is -0.477 e. The summed E-state index contributed by atoms with van der Waals surface area (Å²) in [6.45, 7) is 1.81. The molecule has 1 rings (SSSR count). The van der Waals surface area contributed by atoms with Gasteiger partial charge in [-0.25, -0.2) is 4.79 Å². The highest BCUT2D eigenvalue weighted by atomic mass is 32.1. The van der Waals surface area contributed by atoms with Gasteiger partial charge in [-0.2, -0.15) is 0 Å². The van der Waals surface area contributed by atoms with Gasteiger partial charge in [-0.1, -0.05) is 0 Å². The Balaban J connectivity index is 2.76. The summed E-state index contributed by atoms with van der Waals surface area (Å²) in [7, 11) is 1.56. The van der Waals surface area contributed by atoms with Crippen molar-refractivity contribution in [3.8, 4) is 0 Å². The topological polar surface area (TPSA) is 77.8 Å². The second-order valence-electron chi connectivity index (χ2n) is 3.50. The molecule has 0 aliphatic heterocycles. The summed E-state index contributed by atoms with van der Waals surface area (Å²) in [5.41, 5.74) is 0. The summed E-state index contributed by atoms with van der Waals surface area (Å²) in [6.07, 6.45) is -0.604. The number of carboxylic acid groups (broad SMARTS) is 1. The molecule has 1 amide bonds. The molecule has 0 fully saturated rings. The van der Waals surface area contributed by atoms with E-state index in [1.54, 1.807) is 14.0 Å². The van der Waals surface area contributed by atoms with E-state index in [9.17, 15) is 9.59 Å². The smallest absolute Gasteiger partial charge is 0.345 e. The number of aliphatic hydroxyl groups is 1. The molecule has 0 saturated heterocycles. The van der Waals surface area contributed by atoms with Crippen LogP contribution in [-0.4, -0.2) is 46.7 Å². The van der Waals surface area contributed by atoms with Gasteiger partial charge in [0.1, 0.15) is 4.88 Å². The summed E-state index contributed by atoms with van der Waals surface area (Å²) in [6, 6.07) is 2.88. The molecule has 1 unspecified atom stereocenters. The van der Waals surface area contributed by atoms with Gasteiger partial charge in [0, 0.05) is 13.6 Å². The van der Waals surface area contributed by atoms with E-state index in [1.807, 2.05) is 0 Å². The molecule has 16 heavy (non-hydrogen) atoms. The lowest BCUT2D eigenvalue weighted by Gasteiger charge is -2.17. The Bertz CT molecular complexity index is 399. The molecule has 1 atom stereocenters. The number of thiophene rings is 1. The Hall–Kier alpha value is -1.40. The molecule has 0 aromatic carbocycles. The third-order valence-electron chi connectivity index (χ3n) is 1.91. The number of carboxylic acids is 1. The molecule has 1 heterocycles. The fourth-order valence-corrected chi connectivity index (χ4v) is 2.07. The van der Waals surface area contributed by atoms with Gasteiger partial charge >= 0.3 is 5.97 Å². The molecule has 0 saturated carbocycles. The monoisotopic (exact) mass is 243 g/mol. The maximum absolute atomic E-state index is 11.7. The Kier molecular flexibility index (Phi) is 4.03. The minimum absolute atomic E-state index is 0.133. The summed E-state index contributed by atoms with van der Waals surface area (Å²) in [4.78, 5) is 24.2. The number of amides is 1. The molecule has 1 aromatic rings. The van der Waals surface area contributed by atoms with Crippen molar-refractivity contribution in [2.75, 3.05) is 13.6 Å². The molecule has 0 radical (unpaired) electrons. The van der Waals surface area contributed by atoms with E-state index < -0.39 is 12.1 Å². The molecule has 0 aliphatic rings. The van der Waals surface area contributed by atoms with Crippen molar-refractivity contribution < 1.29 is 19.8 Å². The number of carbonyl (C=O) groups excluding carboxylic acids is 1. The highest BCUT2D eigenvalue weighted by molar-refractivity contribution is 7.15. The molecule has 0 aliphatic carbocycles. The molecule has 5 nitrogen and oxygen atoms in total. The number of rotatable bonds is 4. The first kappa shape index (κ1) is 12.7. The van der Waals surface area contributed by atoms with Gasteiger partial charge in [-0.15, -0.1) is 11.3 Å². The molecule has 6 heteroatoms. The maximum Gasteiger partial charge on any atom is 0.345 e. The lowest BCUT2D eigenvalue weighted by Crippen LogP contribution is -2.32. The SMILES string of the molecule is CC(O)CN(C)C(=O)c1ccc(C(=O)O)s1. The zero-order chi connectivity index (χ0) is 12.3. The van der Waals surface area contributed by atoms with E-state index >= 15 is 0 Å². The fraction of sp³-hybridized carbons (Fsp3) is 0.400. The standard InChI is InChI=1S/C10H13NO4S/c1-6(12)5-11(2)9(13)7-3-4-8(16-7)10(14)15/h3-4,6,12H,5H2,1-2H3,(H,14,15). The van der Waals surface area contributed by atoms with Crippen LogP contribution in [0, 0.1) is 0 Å². The predicted molar refractivity (Wildman–Crippen MR) is 59.9 cm³/mol. The van der Waals surface area contributed by atoms with Gasteiger partial charge in [0.25, 0.3) is 5.91 Å². The minimum atomic E-state index is -1.04. The number of likely N-dealkylation sites (N-methyl/N-ethyl adjacent to an activating group) is 1. The fourth-order valence-electron chi connectivity index (χ4n) is 1.24. The largest absolute Gasteiger partial charge is 0.477 e. The lowest BCUT2D eigenvalue weighted by atomic mass is 10.3. The van der Waals surface area contributed by atoms with E-state index in [2.05, 4.69) is 0 Å². The number of carbonyl (C=O) groups is 2. The number of hydrogen-bond acceptors (Lipinski definition) is 4. The highest BCUT2D eigenvalue weighted by Gasteiger charge is 2.17. The first-order valence-electron chi connectivity index (χ1n) is 4.68. The zero-order valence-corrected chi connectivity index (χ0v) is 9.82. The van der Waals surface area contributed by atoms with Gasteiger partial charge in [0.15, 0.2) is 0 Å². The molecule has 0 bridgehead atoms. The normalized spacial score (nSPS) is 12.2.